The minimum Gasteiger partial charge on any atom is -0.394 e. The van der Waals surface area contributed by atoms with Crippen LogP contribution in [0.2, 0.25) is 0 Å². The van der Waals surface area contributed by atoms with E-state index in [1.54, 1.807) is 13.0 Å². The van der Waals surface area contributed by atoms with Crippen molar-refractivity contribution < 1.29 is 18.3 Å². The van der Waals surface area contributed by atoms with Crippen LogP contribution in [0.3, 0.4) is 0 Å². The number of alkyl halides is 3. The van der Waals surface area contributed by atoms with E-state index in [0.29, 0.717) is 0 Å². The minimum absolute atomic E-state index is 0.00880. The Balaban J connectivity index is 2.51. The number of halogens is 3. The molecule has 0 fully saturated rings. The Morgan fingerprint density at radius 2 is 2.09 bits per heavy atom. The molecule has 0 saturated carbocycles. The van der Waals surface area contributed by atoms with Crippen molar-refractivity contribution >= 4 is 22.2 Å². The molecule has 1 aromatic heterocycles. The Labute approximate surface area is 133 Å². The summed E-state index contributed by atoms with van der Waals surface area (Å²) in [5.74, 6) is 0. The Hall–Kier alpha value is -2.31. The number of para-hydroxylation sites is 1. The summed E-state index contributed by atoms with van der Waals surface area (Å²) in [4.78, 5) is 12.1. The molecule has 9 heteroatoms. The second-order valence-electron chi connectivity index (χ2n) is 4.74. The second-order valence-corrected chi connectivity index (χ2v) is 5.72. The molecule has 0 bridgehead atoms. The van der Waals surface area contributed by atoms with Crippen LogP contribution in [-0.4, -0.2) is 15.7 Å². The van der Waals surface area contributed by atoms with E-state index in [4.69, 9.17) is 10.4 Å². The van der Waals surface area contributed by atoms with Crippen LogP contribution in [0.15, 0.2) is 29.1 Å². The van der Waals surface area contributed by atoms with E-state index >= 15 is 0 Å². The molecule has 0 amide bonds. The quantitative estimate of drug-likeness (QED) is 0.894. The molecule has 1 aromatic carbocycles. The number of nitrogens with zero attached hydrogens (tertiary/aromatic N) is 2. The SMILES string of the molecule is C[C@H](CO)n1sc(Nc2ccccc2C(F)(F)F)c(C#N)c1=O. The monoisotopic (exact) mass is 343 g/mol. The van der Waals surface area contributed by atoms with E-state index in [1.165, 1.54) is 18.2 Å². The molecule has 0 unspecified atom stereocenters. The summed E-state index contributed by atoms with van der Waals surface area (Å²) < 4.78 is 40.1. The van der Waals surface area contributed by atoms with Crippen LogP contribution in [0.5, 0.6) is 0 Å². The first-order valence-corrected chi connectivity index (χ1v) is 7.27. The van der Waals surface area contributed by atoms with E-state index in [9.17, 15) is 18.0 Å². The van der Waals surface area contributed by atoms with Gasteiger partial charge in [-0.25, -0.2) is 0 Å². The lowest BCUT2D eigenvalue weighted by molar-refractivity contribution is -0.136. The predicted octanol–water partition coefficient (Wildman–Crippen LogP) is 3.10. The van der Waals surface area contributed by atoms with Crippen molar-refractivity contribution in [3.63, 3.8) is 0 Å². The van der Waals surface area contributed by atoms with Crippen molar-refractivity contribution in [2.45, 2.75) is 19.1 Å². The molecule has 122 valence electrons. The molecule has 1 heterocycles. The molecule has 1 atom stereocenters. The maximum Gasteiger partial charge on any atom is 0.418 e. The number of rotatable bonds is 4. The number of aliphatic hydroxyl groups excluding tert-OH is 1. The van der Waals surface area contributed by atoms with E-state index in [-0.39, 0.29) is 22.9 Å². The molecule has 2 rings (SSSR count). The maximum absolute atomic E-state index is 13.0. The van der Waals surface area contributed by atoms with Gasteiger partial charge in [0.1, 0.15) is 11.1 Å². The molecule has 0 aliphatic carbocycles. The van der Waals surface area contributed by atoms with Gasteiger partial charge in [0.25, 0.3) is 5.56 Å². The number of aliphatic hydroxyl groups is 1. The van der Waals surface area contributed by atoms with Crippen LogP contribution < -0.4 is 10.9 Å². The number of hydrogen-bond donors (Lipinski definition) is 2. The van der Waals surface area contributed by atoms with Crippen molar-refractivity contribution in [1.82, 2.24) is 3.96 Å². The van der Waals surface area contributed by atoms with Crippen molar-refractivity contribution in [1.29, 1.82) is 5.26 Å². The third-order valence-electron chi connectivity index (χ3n) is 3.09. The van der Waals surface area contributed by atoms with Gasteiger partial charge in [-0.15, -0.1) is 0 Å². The minimum atomic E-state index is -4.57. The molecule has 2 aromatic rings. The lowest BCUT2D eigenvalue weighted by atomic mass is 10.1. The summed E-state index contributed by atoms with van der Waals surface area (Å²) in [7, 11) is 0. The van der Waals surface area contributed by atoms with Gasteiger partial charge in [0.2, 0.25) is 0 Å². The van der Waals surface area contributed by atoms with Crippen molar-refractivity contribution in [2.75, 3.05) is 11.9 Å². The van der Waals surface area contributed by atoms with E-state index < -0.39 is 23.3 Å². The van der Waals surface area contributed by atoms with Crippen molar-refractivity contribution in [3.05, 3.63) is 45.7 Å². The van der Waals surface area contributed by atoms with Gasteiger partial charge in [0.05, 0.1) is 23.9 Å². The Morgan fingerprint density at radius 1 is 1.43 bits per heavy atom. The van der Waals surface area contributed by atoms with Crippen molar-refractivity contribution in [3.8, 4) is 6.07 Å². The van der Waals surface area contributed by atoms with E-state index in [2.05, 4.69) is 5.32 Å². The maximum atomic E-state index is 13.0. The zero-order valence-electron chi connectivity index (χ0n) is 11.9. The van der Waals surface area contributed by atoms with E-state index in [1.807, 2.05) is 0 Å². The number of nitrogens with one attached hydrogen (secondary N) is 1. The first kappa shape index (κ1) is 17.1. The summed E-state index contributed by atoms with van der Waals surface area (Å²) in [5.41, 5.74) is -2.08. The van der Waals surface area contributed by atoms with Crippen LogP contribution in [0.1, 0.15) is 24.1 Å². The molecule has 0 radical (unpaired) electrons. The van der Waals surface area contributed by atoms with Crippen LogP contribution in [0.25, 0.3) is 0 Å². The second kappa shape index (κ2) is 6.44. The van der Waals surface area contributed by atoms with Crippen LogP contribution in [-0.2, 0) is 6.18 Å². The highest BCUT2D eigenvalue weighted by molar-refractivity contribution is 7.11. The summed E-state index contributed by atoms with van der Waals surface area (Å²) in [6, 6.07) is 5.91. The smallest absolute Gasteiger partial charge is 0.394 e. The van der Waals surface area contributed by atoms with Gasteiger partial charge in [0, 0.05) is 0 Å². The summed E-state index contributed by atoms with van der Waals surface area (Å²) >= 11 is 0.801. The number of nitriles is 1. The molecule has 23 heavy (non-hydrogen) atoms. The van der Waals surface area contributed by atoms with Gasteiger partial charge in [-0.2, -0.15) is 18.4 Å². The summed E-state index contributed by atoms with van der Waals surface area (Å²) in [6.07, 6.45) is -4.57. The summed E-state index contributed by atoms with van der Waals surface area (Å²) in [6.45, 7) is 1.23. The molecule has 0 spiro atoms. The first-order valence-electron chi connectivity index (χ1n) is 6.49. The van der Waals surface area contributed by atoms with E-state index in [0.717, 1.165) is 21.6 Å². The van der Waals surface area contributed by atoms with Crippen LogP contribution in [0, 0.1) is 11.3 Å². The van der Waals surface area contributed by atoms with Gasteiger partial charge < -0.3 is 10.4 Å². The molecule has 0 saturated heterocycles. The highest BCUT2D eigenvalue weighted by Crippen LogP contribution is 2.37. The Morgan fingerprint density at radius 3 is 2.65 bits per heavy atom. The fourth-order valence-electron chi connectivity index (χ4n) is 1.90. The Bertz CT molecular complexity index is 805. The molecular weight excluding hydrogens is 331 g/mol. The van der Waals surface area contributed by atoms with Gasteiger partial charge in [-0.05, 0) is 30.6 Å². The fourth-order valence-corrected chi connectivity index (χ4v) is 2.90. The topological polar surface area (TPSA) is 78.0 Å². The van der Waals surface area contributed by atoms with Gasteiger partial charge in [-0.3, -0.25) is 8.75 Å². The average molecular weight is 343 g/mol. The lowest BCUT2D eigenvalue weighted by Gasteiger charge is -2.13. The van der Waals surface area contributed by atoms with Crippen LogP contribution >= 0.6 is 11.5 Å². The standard InChI is InChI=1S/C14H12F3N3O2S/c1-8(7-21)20-13(22)9(6-18)12(23-20)19-11-5-3-2-4-10(11)14(15,16)17/h2-5,8,19,21H,7H2,1H3/t8-/m1/s1. The first-order chi connectivity index (χ1) is 10.8. The molecule has 2 N–H and O–H groups in total. The van der Waals surface area contributed by atoms with Gasteiger partial charge >= 0.3 is 6.18 Å². The lowest BCUT2D eigenvalue weighted by Crippen LogP contribution is -2.20. The third kappa shape index (κ3) is 3.38. The van der Waals surface area contributed by atoms with Crippen molar-refractivity contribution in [2.24, 2.45) is 0 Å². The molecule has 0 aliphatic rings. The summed E-state index contributed by atoms with van der Waals surface area (Å²) in [5, 5.41) is 20.7. The molecule has 5 nitrogen and oxygen atoms in total. The number of anilines is 2. The van der Waals surface area contributed by atoms with Gasteiger partial charge in [0.15, 0.2) is 5.56 Å². The zero-order chi connectivity index (χ0) is 17.2. The normalized spacial score (nSPS) is 12.7. The van der Waals surface area contributed by atoms with Crippen LogP contribution in [0.4, 0.5) is 23.9 Å². The highest BCUT2D eigenvalue weighted by Gasteiger charge is 2.33. The fraction of sp³-hybridized carbons (Fsp3) is 0.286. The zero-order valence-corrected chi connectivity index (χ0v) is 12.7. The number of aromatic nitrogens is 1. The largest absolute Gasteiger partial charge is 0.418 e. The predicted molar refractivity (Wildman–Crippen MR) is 79.8 cm³/mol. The van der Waals surface area contributed by atoms with Gasteiger partial charge in [-0.1, -0.05) is 12.1 Å². The average Bonchev–Trinajstić information content (AvgIpc) is 2.81. The number of hydrogen-bond acceptors (Lipinski definition) is 5. The molecule has 0 aliphatic heterocycles. The molecular formula is C14H12F3N3O2S. The number of benzene rings is 1. The third-order valence-corrected chi connectivity index (χ3v) is 4.30. The Kier molecular flexibility index (Phi) is 4.77. The highest BCUT2D eigenvalue weighted by atomic mass is 32.1.